The van der Waals surface area contributed by atoms with Crippen LogP contribution in [-0.2, 0) is 13.0 Å². The number of urea groups is 1. The van der Waals surface area contributed by atoms with E-state index in [1.807, 2.05) is 11.0 Å². The quantitative estimate of drug-likeness (QED) is 0.786. The molecule has 1 aromatic rings. The van der Waals surface area contributed by atoms with Crippen molar-refractivity contribution in [2.75, 3.05) is 33.2 Å². The van der Waals surface area contributed by atoms with Gasteiger partial charge in [0.25, 0.3) is 0 Å². The van der Waals surface area contributed by atoms with Crippen molar-refractivity contribution in [2.45, 2.75) is 39.2 Å². The summed E-state index contributed by atoms with van der Waals surface area (Å²) in [6, 6.07) is 8.49. The number of nitrogens with one attached hydrogen (secondary N) is 1. The second kappa shape index (κ2) is 8.79. The molecule has 122 valence electrons. The van der Waals surface area contributed by atoms with E-state index in [4.69, 9.17) is 0 Å². The first-order valence-corrected chi connectivity index (χ1v) is 8.48. The van der Waals surface area contributed by atoms with Gasteiger partial charge in [-0.1, -0.05) is 31.2 Å². The molecule has 0 atom stereocenters. The van der Waals surface area contributed by atoms with Gasteiger partial charge in [-0.2, -0.15) is 0 Å². The first-order chi connectivity index (χ1) is 10.7. The molecule has 4 nitrogen and oxygen atoms in total. The van der Waals surface area contributed by atoms with Crippen LogP contribution in [0.2, 0.25) is 0 Å². The number of carbonyl (C=O) groups is 1. The Hall–Kier alpha value is -1.55. The standard InChI is InChI=1S/C18H29N3O/c1-3-12-20(2)13-7-6-11-19-18(22)21-14-10-16-8-4-5-9-17(16)15-21/h4-5,8-9H,3,6-7,10-15H2,1-2H3,(H,19,22). The summed E-state index contributed by atoms with van der Waals surface area (Å²) in [6.45, 7) is 6.80. The SMILES string of the molecule is CCCN(C)CCCCNC(=O)N1CCc2ccccc2C1. The summed E-state index contributed by atoms with van der Waals surface area (Å²) in [5.74, 6) is 0. The minimum atomic E-state index is 0.0800. The molecule has 0 radical (unpaired) electrons. The molecule has 1 heterocycles. The highest BCUT2D eigenvalue weighted by atomic mass is 16.2. The highest BCUT2D eigenvalue weighted by Crippen LogP contribution is 2.18. The minimum Gasteiger partial charge on any atom is -0.338 e. The molecule has 1 aliphatic heterocycles. The van der Waals surface area contributed by atoms with Crippen LogP contribution < -0.4 is 5.32 Å². The fourth-order valence-corrected chi connectivity index (χ4v) is 2.98. The van der Waals surface area contributed by atoms with E-state index in [0.717, 1.165) is 52.0 Å². The first kappa shape index (κ1) is 16.8. The van der Waals surface area contributed by atoms with Gasteiger partial charge in [-0.15, -0.1) is 0 Å². The Morgan fingerprint density at radius 1 is 1.23 bits per heavy atom. The van der Waals surface area contributed by atoms with Crippen LogP contribution in [0.15, 0.2) is 24.3 Å². The van der Waals surface area contributed by atoms with Gasteiger partial charge >= 0.3 is 6.03 Å². The molecular formula is C18H29N3O. The van der Waals surface area contributed by atoms with E-state index in [0.29, 0.717) is 0 Å². The molecule has 2 rings (SSSR count). The lowest BCUT2D eigenvalue weighted by Crippen LogP contribution is -2.43. The number of benzene rings is 1. The van der Waals surface area contributed by atoms with Crippen LogP contribution in [-0.4, -0.2) is 49.1 Å². The van der Waals surface area contributed by atoms with Crippen molar-refractivity contribution in [2.24, 2.45) is 0 Å². The summed E-state index contributed by atoms with van der Waals surface area (Å²) in [5, 5.41) is 3.06. The fourth-order valence-electron chi connectivity index (χ4n) is 2.98. The zero-order valence-corrected chi connectivity index (χ0v) is 14.0. The predicted octanol–water partition coefficient (Wildman–Crippen LogP) is 2.88. The van der Waals surface area contributed by atoms with Crippen molar-refractivity contribution in [3.8, 4) is 0 Å². The third-order valence-electron chi connectivity index (χ3n) is 4.27. The lowest BCUT2D eigenvalue weighted by Gasteiger charge is -2.29. The van der Waals surface area contributed by atoms with Gasteiger partial charge in [0.15, 0.2) is 0 Å². The largest absolute Gasteiger partial charge is 0.338 e. The van der Waals surface area contributed by atoms with Gasteiger partial charge in [0.05, 0.1) is 0 Å². The topological polar surface area (TPSA) is 35.6 Å². The van der Waals surface area contributed by atoms with E-state index >= 15 is 0 Å². The molecule has 0 aromatic heterocycles. The Kier molecular flexibility index (Phi) is 6.72. The fraction of sp³-hybridized carbons (Fsp3) is 0.611. The number of unbranched alkanes of at least 4 members (excludes halogenated alkanes) is 1. The van der Waals surface area contributed by atoms with Gasteiger partial charge in [0, 0.05) is 19.6 Å². The average molecular weight is 303 g/mol. The molecule has 0 saturated heterocycles. The number of hydrogen-bond acceptors (Lipinski definition) is 2. The van der Waals surface area contributed by atoms with Crippen LogP contribution in [0.4, 0.5) is 4.79 Å². The maximum absolute atomic E-state index is 12.2. The Morgan fingerprint density at radius 3 is 2.77 bits per heavy atom. The van der Waals surface area contributed by atoms with Crippen molar-refractivity contribution >= 4 is 6.03 Å². The van der Waals surface area contributed by atoms with Crippen molar-refractivity contribution in [1.82, 2.24) is 15.1 Å². The second-order valence-corrected chi connectivity index (χ2v) is 6.18. The molecule has 0 spiro atoms. The molecule has 0 unspecified atom stereocenters. The molecule has 4 heteroatoms. The average Bonchev–Trinajstić information content (AvgIpc) is 2.54. The van der Waals surface area contributed by atoms with E-state index in [9.17, 15) is 4.79 Å². The first-order valence-electron chi connectivity index (χ1n) is 8.48. The Bertz CT molecular complexity index is 475. The second-order valence-electron chi connectivity index (χ2n) is 6.18. The summed E-state index contributed by atoms with van der Waals surface area (Å²) in [4.78, 5) is 16.5. The lowest BCUT2D eigenvalue weighted by atomic mass is 10.0. The molecule has 0 bridgehead atoms. The molecule has 2 amide bonds. The zero-order chi connectivity index (χ0) is 15.8. The van der Waals surface area contributed by atoms with E-state index in [1.54, 1.807) is 0 Å². The van der Waals surface area contributed by atoms with Gasteiger partial charge in [-0.25, -0.2) is 4.79 Å². The zero-order valence-electron chi connectivity index (χ0n) is 14.0. The molecule has 22 heavy (non-hydrogen) atoms. The number of carbonyl (C=O) groups excluding carboxylic acids is 1. The Morgan fingerprint density at radius 2 is 2.00 bits per heavy atom. The number of nitrogens with zero attached hydrogens (tertiary/aromatic N) is 2. The van der Waals surface area contributed by atoms with Crippen molar-refractivity contribution in [3.05, 3.63) is 35.4 Å². The summed E-state index contributed by atoms with van der Waals surface area (Å²) in [5.41, 5.74) is 2.66. The molecule has 0 aliphatic carbocycles. The number of fused-ring (bicyclic) bond motifs is 1. The highest BCUT2D eigenvalue weighted by molar-refractivity contribution is 5.74. The van der Waals surface area contributed by atoms with Gasteiger partial charge in [0.1, 0.15) is 0 Å². The summed E-state index contributed by atoms with van der Waals surface area (Å²) in [7, 11) is 2.16. The van der Waals surface area contributed by atoms with E-state index in [-0.39, 0.29) is 6.03 Å². The monoisotopic (exact) mass is 303 g/mol. The van der Waals surface area contributed by atoms with Gasteiger partial charge < -0.3 is 15.1 Å². The third kappa shape index (κ3) is 5.02. The van der Waals surface area contributed by atoms with Crippen molar-refractivity contribution in [3.63, 3.8) is 0 Å². The third-order valence-corrected chi connectivity index (χ3v) is 4.27. The maximum Gasteiger partial charge on any atom is 0.317 e. The van der Waals surface area contributed by atoms with Crippen LogP contribution in [0.5, 0.6) is 0 Å². The van der Waals surface area contributed by atoms with Crippen LogP contribution in [0.25, 0.3) is 0 Å². The maximum atomic E-state index is 12.2. The summed E-state index contributed by atoms with van der Waals surface area (Å²) < 4.78 is 0. The Labute approximate surface area is 134 Å². The van der Waals surface area contributed by atoms with Crippen LogP contribution in [0.1, 0.15) is 37.3 Å². The number of rotatable bonds is 7. The summed E-state index contributed by atoms with van der Waals surface area (Å²) >= 11 is 0. The van der Waals surface area contributed by atoms with E-state index in [2.05, 4.69) is 42.4 Å². The van der Waals surface area contributed by atoms with Crippen LogP contribution in [0, 0.1) is 0 Å². The molecule has 0 saturated carbocycles. The summed E-state index contributed by atoms with van der Waals surface area (Å²) in [6.07, 6.45) is 4.35. The number of amides is 2. The molecular weight excluding hydrogens is 274 g/mol. The molecule has 1 N–H and O–H groups in total. The van der Waals surface area contributed by atoms with Crippen LogP contribution >= 0.6 is 0 Å². The Balaban J connectivity index is 1.64. The predicted molar refractivity (Wildman–Crippen MR) is 91.0 cm³/mol. The van der Waals surface area contributed by atoms with Crippen molar-refractivity contribution < 1.29 is 4.79 Å². The number of hydrogen-bond donors (Lipinski definition) is 1. The minimum absolute atomic E-state index is 0.0800. The van der Waals surface area contributed by atoms with Gasteiger partial charge in [-0.05, 0) is 56.9 Å². The normalized spacial score (nSPS) is 14.0. The van der Waals surface area contributed by atoms with E-state index < -0.39 is 0 Å². The van der Waals surface area contributed by atoms with Crippen LogP contribution in [0.3, 0.4) is 0 Å². The molecule has 1 aromatic carbocycles. The molecule has 1 aliphatic rings. The highest BCUT2D eigenvalue weighted by Gasteiger charge is 2.19. The van der Waals surface area contributed by atoms with Crippen molar-refractivity contribution in [1.29, 1.82) is 0 Å². The van der Waals surface area contributed by atoms with Gasteiger partial charge in [0.2, 0.25) is 0 Å². The molecule has 0 fully saturated rings. The lowest BCUT2D eigenvalue weighted by molar-refractivity contribution is 0.192. The smallest absolute Gasteiger partial charge is 0.317 e. The van der Waals surface area contributed by atoms with E-state index in [1.165, 1.54) is 17.5 Å². The van der Waals surface area contributed by atoms with Gasteiger partial charge in [-0.3, -0.25) is 0 Å².